The van der Waals surface area contributed by atoms with Crippen LogP contribution < -0.4 is 14.8 Å². The molecule has 0 aromatic heterocycles. The Hall–Kier alpha value is -3.28. The second-order valence-electron chi connectivity index (χ2n) is 9.69. The fraction of sp³-hybridized carbons (Fsp3) is 0.448. The summed E-state index contributed by atoms with van der Waals surface area (Å²) in [6.45, 7) is 5.94. The number of aryl methyl sites for hydroxylation is 1. The van der Waals surface area contributed by atoms with Crippen LogP contribution in [0.25, 0.3) is 0 Å². The first-order chi connectivity index (χ1) is 16.9. The summed E-state index contributed by atoms with van der Waals surface area (Å²) in [6, 6.07) is 14.3. The van der Waals surface area contributed by atoms with Crippen molar-refractivity contribution in [3.63, 3.8) is 0 Å². The van der Waals surface area contributed by atoms with Crippen LogP contribution in [0, 0.1) is 5.92 Å². The van der Waals surface area contributed by atoms with Gasteiger partial charge in [-0.1, -0.05) is 43.3 Å². The van der Waals surface area contributed by atoms with Crippen molar-refractivity contribution in [1.82, 2.24) is 0 Å². The van der Waals surface area contributed by atoms with Crippen LogP contribution in [0.1, 0.15) is 69.9 Å². The van der Waals surface area contributed by atoms with Crippen molar-refractivity contribution in [2.75, 3.05) is 5.32 Å². The van der Waals surface area contributed by atoms with Gasteiger partial charge in [-0.15, -0.1) is 0 Å². The number of hydrogen-bond donors (Lipinski definition) is 2. The number of anilines is 1. The number of allylic oxidation sites excluding steroid dienone is 1. The van der Waals surface area contributed by atoms with Gasteiger partial charge in [-0.2, -0.15) is 0 Å². The highest BCUT2D eigenvalue weighted by atomic mass is 16.5. The summed E-state index contributed by atoms with van der Waals surface area (Å²) in [4.78, 5) is 24.0. The van der Waals surface area contributed by atoms with Crippen molar-refractivity contribution >= 4 is 17.6 Å². The summed E-state index contributed by atoms with van der Waals surface area (Å²) in [7, 11) is 0. The lowest BCUT2D eigenvalue weighted by Crippen LogP contribution is -2.38. The van der Waals surface area contributed by atoms with Gasteiger partial charge >= 0.3 is 11.9 Å². The van der Waals surface area contributed by atoms with E-state index in [2.05, 4.69) is 43.4 Å². The number of aliphatic carboxylic acids is 1. The van der Waals surface area contributed by atoms with E-state index in [0.29, 0.717) is 29.9 Å². The van der Waals surface area contributed by atoms with Crippen LogP contribution in [-0.2, 0) is 16.0 Å². The third kappa shape index (κ3) is 5.87. The predicted octanol–water partition coefficient (Wildman–Crippen LogP) is 6.11. The third-order valence-corrected chi connectivity index (χ3v) is 7.15. The Morgan fingerprint density at radius 2 is 1.97 bits per heavy atom. The van der Waals surface area contributed by atoms with Gasteiger partial charge in [0.05, 0.1) is 6.10 Å². The summed E-state index contributed by atoms with van der Waals surface area (Å²) in [5.41, 5.74) is 3.48. The number of rotatable bonds is 9. The van der Waals surface area contributed by atoms with Gasteiger partial charge in [-0.25, -0.2) is 4.79 Å². The van der Waals surface area contributed by atoms with E-state index in [4.69, 9.17) is 9.47 Å². The molecule has 2 aromatic carbocycles. The van der Waals surface area contributed by atoms with Crippen LogP contribution in [0.3, 0.4) is 0 Å². The number of esters is 1. The first-order valence-electron chi connectivity index (χ1n) is 12.6. The van der Waals surface area contributed by atoms with Crippen LogP contribution in [0.2, 0.25) is 0 Å². The Morgan fingerprint density at radius 3 is 2.69 bits per heavy atom. The Balaban J connectivity index is 1.56. The summed E-state index contributed by atoms with van der Waals surface area (Å²) >= 11 is 0. The van der Waals surface area contributed by atoms with Crippen LogP contribution in [0.5, 0.6) is 11.5 Å². The van der Waals surface area contributed by atoms with E-state index in [0.717, 1.165) is 30.5 Å². The second-order valence-corrected chi connectivity index (χ2v) is 9.69. The SMILES string of the molecule is CCC(=O)Oc1cc(OC(C)CCCc2ccccc2)cc2c1[C@@H]1CC(C(=O)O)=CC[C@H]1C(C)N2. The molecule has 2 N–H and O–H groups in total. The summed E-state index contributed by atoms with van der Waals surface area (Å²) in [5.74, 6) is 0.121. The molecule has 4 atom stereocenters. The lowest BCUT2D eigenvalue weighted by Gasteiger charge is -2.42. The number of ether oxygens (including phenoxy) is 2. The van der Waals surface area contributed by atoms with Gasteiger partial charge < -0.3 is 19.9 Å². The van der Waals surface area contributed by atoms with Crippen LogP contribution >= 0.6 is 0 Å². The first-order valence-corrected chi connectivity index (χ1v) is 12.6. The number of fused-ring (bicyclic) bond motifs is 3. The topological polar surface area (TPSA) is 84.9 Å². The molecule has 2 aromatic rings. The highest BCUT2D eigenvalue weighted by Crippen LogP contribution is 2.51. The average Bonchev–Trinajstić information content (AvgIpc) is 2.84. The van der Waals surface area contributed by atoms with Crippen molar-refractivity contribution in [1.29, 1.82) is 0 Å². The number of carbonyl (C=O) groups is 2. The molecular formula is C29H35NO5. The summed E-state index contributed by atoms with van der Waals surface area (Å²) in [5, 5.41) is 13.2. The Morgan fingerprint density at radius 1 is 1.20 bits per heavy atom. The number of carboxylic acids is 1. The highest BCUT2D eigenvalue weighted by Gasteiger charge is 2.40. The lowest BCUT2D eigenvalue weighted by atomic mass is 9.70. The molecule has 0 fully saturated rings. The standard InChI is InChI=1S/C29H35NO5/c1-4-27(31)35-26-17-22(34-18(2)9-8-12-20-10-6-5-7-11-20)16-25-28(26)24-15-21(29(32)33)13-14-23(24)19(3)30-25/h5-7,10-11,13,16-19,23-24,30H,4,8-9,12,14-15H2,1-3H3,(H,32,33)/t18?,19?,23-,24+/m0/s1. The maximum atomic E-state index is 12.3. The fourth-order valence-electron chi connectivity index (χ4n) is 5.29. The van der Waals surface area contributed by atoms with E-state index in [1.54, 1.807) is 13.0 Å². The van der Waals surface area contributed by atoms with Gasteiger partial charge in [0.25, 0.3) is 0 Å². The molecular weight excluding hydrogens is 442 g/mol. The Kier molecular flexibility index (Phi) is 7.79. The van der Waals surface area contributed by atoms with Gasteiger partial charge in [-0.05, 0) is 63.4 Å². The monoisotopic (exact) mass is 477 g/mol. The minimum absolute atomic E-state index is 0.00326. The molecule has 1 aliphatic carbocycles. The molecule has 186 valence electrons. The minimum Gasteiger partial charge on any atom is -0.491 e. The van der Waals surface area contributed by atoms with Gasteiger partial charge in [0.1, 0.15) is 11.5 Å². The number of carboxylic acid groups (broad SMARTS) is 1. The molecule has 2 aliphatic rings. The normalized spacial score (nSPS) is 21.6. The zero-order chi connectivity index (χ0) is 24.9. The molecule has 0 radical (unpaired) electrons. The molecule has 0 amide bonds. The number of hydrogen-bond acceptors (Lipinski definition) is 5. The van der Waals surface area contributed by atoms with Crippen molar-refractivity contribution in [3.05, 3.63) is 65.2 Å². The maximum absolute atomic E-state index is 12.3. The smallest absolute Gasteiger partial charge is 0.331 e. The van der Waals surface area contributed by atoms with Gasteiger partial charge in [0, 0.05) is 41.4 Å². The summed E-state index contributed by atoms with van der Waals surface area (Å²) < 4.78 is 12.0. The Labute approximate surface area is 207 Å². The third-order valence-electron chi connectivity index (χ3n) is 7.15. The molecule has 1 heterocycles. The molecule has 2 unspecified atom stereocenters. The zero-order valence-electron chi connectivity index (χ0n) is 20.8. The van der Waals surface area contributed by atoms with Crippen molar-refractivity contribution in [2.45, 2.75) is 77.4 Å². The molecule has 4 rings (SSSR count). The maximum Gasteiger partial charge on any atom is 0.331 e. The quantitative estimate of drug-likeness (QED) is 0.335. The van der Waals surface area contributed by atoms with E-state index in [1.807, 2.05) is 18.2 Å². The van der Waals surface area contributed by atoms with Crippen LogP contribution in [0.15, 0.2) is 54.1 Å². The highest BCUT2D eigenvalue weighted by molar-refractivity contribution is 5.87. The van der Waals surface area contributed by atoms with Crippen LogP contribution in [-0.4, -0.2) is 29.2 Å². The van der Waals surface area contributed by atoms with Crippen LogP contribution in [0.4, 0.5) is 5.69 Å². The van der Waals surface area contributed by atoms with Gasteiger partial charge in [0.15, 0.2) is 0 Å². The van der Waals surface area contributed by atoms with E-state index in [-0.39, 0.29) is 36.4 Å². The molecule has 6 heteroatoms. The number of benzene rings is 2. The molecule has 6 nitrogen and oxygen atoms in total. The molecule has 0 saturated carbocycles. The van der Waals surface area contributed by atoms with Gasteiger partial charge in [0.2, 0.25) is 0 Å². The molecule has 0 saturated heterocycles. The fourth-order valence-corrected chi connectivity index (χ4v) is 5.29. The zero-order valence-corrected chi connectivity index (χ0v) is 20.8. The largest absolute Gasteiger partial charge is 0.491 e. The Bertz CT molecular complexity index is 1090. The lowest BCUT2D eigenvalue weighted by molar-refractivity contribution is -0.134. The molecule has 0 spiro atoms. The van der Waals surface area contributed by atoms with E-state index in [9.17, 15) is 14.7 Å². The first kappa shape index (κ1) is 24.8. The average molecular weight is 478 g/mol. The van der Waals surface area contributed by atoms with E-state index >= 15 is 0 Å². The van der Waals surface area contributed by atoms with Crippen molar-refractivity contribution in [2.24, 2.45) is 5.92 Å². The minimum atomic E-state index is -0.882. The van der Waals surface area contributed by atoms with E-state index < -0.39 is 5.97 Å². The predicted molar refractivity (Wildman–Crippen MR) is 136 cm³/mol. The second kappa shape index (κ2) is 11.0. The molecule has 0 bridgehead atoms. The van der Waals surface area contributed by atoms with Crippen molar-refractivity contribution in [3.8, 4) is 11.5 Å². The molecule has 35 heavy (non-hydrogen) atoms. The molecule has 1 aliphatic heterocycles. The van der Waals surface area contributed by atoms with E-state index in [1.165, 1.54) is 5.56 Å². The van der Waals surface area contributed by atoms with Crippen molar-refractivity contribution < 1.29 is 24.2 Å². The number of carbonyl (C=O) groups excluding carboxylic acids is 1. The van der Waals surface area contributed by atoms with Gasteiger partial charge in [-0.3, -0.25) is 4.79 Å². The number of nitrogens with one attached hydrogen (secondary N) is 1. The summed E-state index contributed by atoms with van der Waals surface area (Å²) in [6.07, 6.45) is 6.10.